The van der Waals surface area contributed by atoms with Crippen LogP contribution in [0.2, 0.25) is 0 Å². The number of carbonyl (C=O) groups excluding carboxylic acids is 1. The van der Waals surface area contributed by atoms with Crippen molar-refractivity contribution < 1.29 is 9.53 Å². The van der Waals surface area contributed by atoms with Gasteiger partial charge in [0.1, 0.15) is 5.75 Å². The molecule has 2 N–H and O–H groups in total. The minimum atomic E-state index is 0.0948. The standard InChI is InChI=1S/C23H26N2O2/c1-27-18-12-10-16(11-13-18)20(14-25-23(26)17-6-2-3-7-17)21-15-24-22-9-5-4-8-19(21)22/h4-5,8-13,15,17,20,24H,2-3,6-7,14H2,1H3,(H,25,26). The maximum Gasteiger partial charge on any atom is 0.223 e. The van der Waals surface area contributed by atoms with Crippen molar-refractivity contribution in [1.82, 2.24) is 10.3 Å². The van der Waals surface area contributed by atoms with Crippen LogP contribution in [0, 0.1) is 5.92 Å². The summed E-state index contributed by atoms with van der Waals surface area (Å²) in [5.41, 5.74) is 3.50. The highest BCUT2D eigenvalue weighted by Crippen LogP contribution is 2.32. The first kappa shape index (κ1) is 17.7. The number of methoxy groups -OCH3 is 1. The Morgan fingerprint density at radius 1 is 1.15 bits per heavy atom. The number of aromatic nitrogens is 1. The number of rotatable bonds is 6. The average Bonchev–Trinajstić information content (AvgIpc) is 3.39. The summed E-state index contributed by atoms with van der Waals surface area (Å²) in [6.45, 7) is 0.601. The van der Waals surface area contributed by atoms with Gasteiger partial charge >= 0.3 is 0 Å². The molecule has 2 aromatic carbocycles. The van der Waals surface area contributed by atoms with Gasteiger partial charge in [-0.15, -0.1) is 0 Å². The number of amides is 1. The predicted molar refractivity (Wildman–Crippen MR) is 108 cm³/mol. The topological polar surface area (TPSA) is 54.1 Å². The van der Waals surface area contributed by atoms with Crippen LogP contribution in [0.15, 0.2) is 54.7 Å². The molecule has 1 aliphatic carbocycles. The van der Waals surface area contributed by atoms with E-state index < -0.39 is 0 Å². The largest absolute Gasteiger partial charge is 0.497 e. The van der Waals surface area contributed by atoms with Gasteiger partial charge < -0.3 is 15.0 Å². The summed E-state index contributed by atoms with van der Waals surface area (Å²) >= 11 is 0. The zero-order chi connectivity index (χ0) is 18.6. The van der Waals surface area contributed by atoms with Crippen molar-refractivity contribution in [1.29, 1.82) is 0 Å². The van der Waals surface area contributed by atoms with Crippen molar-refractivity contribution in [3.63, 3.8) is 0 Å². The van der Waals surface area contributed by atoms with Crippen LogP contribution in [-0.2, 0) is 4.79 Å². The molecule has 1 saturated carbocycles. The van der Waals surface area contributed by atoms with Gasteiger partial charge in [0.2, 0.25) is 5.91 Å². The lowest BCUT2D eigenvalue weighted by molar-refractivity contribution is -0.124. The number of H-pyrrole nitrogens is 1. The molecule has 1 fully saturated rings. The highest BCUT2D eigenvalue weighted by molar-refractivity contribution is 5.84. The molecule has 0 bridgehead atoms. The molecule has 1 heterocycles. The molecule has 0 aliphatic heterocycles. The van der Waals surface area contributed by atoms with E-state index >= 15 is 0 Å². The van der Waals surface area contributed by atoms with E-state index in [4.69, 9.17) is 4.74 Å². The normalized spacial score (nSPS) is 15.7. The van der Waals surface area contributed by atoms with Crippen molar-refractivity contribution in [2.75, 3.05) is 13.7 Å². The minimum absolute atomic E-state index is 0.0948. The van der Waals surface area contributed by atoms with E-state index in [1.54, 1.807) is 7.11 Å². The molecule has 4 heteroatoms. The first-order valence-corrected chi connectivity index (χ1v) is 9.74. The second-order valence-electron chi connectivity index (χ2n) is 7.34. The Morgan fingerprint density at radius 3 is 2.63 bits per heavy atom. The zero-order valence-electron chi connectivity index (χ0n) is 15.7. The summed E-state index contributed by atoms with van der Waals surface area (Å²) < 4.78 is 5.30. The van der Waals surface area contributed by atoms with E-state index in [-0.39, 0.29) is 17.7 Å². The number of aromatic amines is 1. The fourth-order valence-electron chi connectivity index (χ4n) is 4.16. The highest BCUT2D eigenvalue weighted by Gasteiger charge is 2.24. The molecule has 0 spiro atoms. The zero-order valence-corrected chi connectivity index (χ0v) is 15.7. The molecular weight excluding hydrogens is 336 g/mol. The van der Waals surface area contributed by atoms with Crippen molar-refractivity contribution in [2.24, 2.45) is 5.92 Å². The predicted octanol–water partition coefficient (Wildman–Crippen LogP) is 4.61. The van der Waals surface area contributed by atoms with Gasteiger partial charge in [-0.2, -0.15) is 0 Å². The van der Waals surface area contributed by atoms with Crippen LogP contribution in [0.5, 0.6) is 5.75 Å². The third-order valence-corrected chi connectivity index (χ3v) is 5.72. The first-order valence-electron chi connectivity index (χ1n) is 9.74. The number of carbonyl (C=O) groups is 1. The molecule has 0 saturated heterocycles. The fraction of sp³-hybridized carbons (Fsp3) is 0.348. The van der Waals surface area contributed by atoms with E-state index in [0.29, 0.717) is 6.54 Å². The Labute approximate surface area is 159 Å². The molecule has 140 valence electrons. The van der Waals surface area contributed by atoms with E-state index in [2.05, 4.69) is 46.8 Å². The fourth-order valence-corrected chi connectivity index (χ4v) is 4.16. The Morgan fingerprint density at radius 2 is 1.89 bits per heavy atom. The Kier molecular flexibility index (Phi) is 5.14. The summed E-state index contributed by atoms with van der Waals surface area (Å²) in [6, 6.07) is 16.5. The van der Waals surface area contributed by atoms with E-state index in [0.717, 1.165) is 24.1 Å². The van der Waals surface area contributed by atoms with Gasteiger partial charge in [0.15, 0.2) is 0 Å². The maximum absolute atomic E-state index is 12.6. The summed E-state index contributed by atoms with van der Waals surface area (Å²) in [6.07, 6.45) is 6.45. The number of benzene rings is 2. The summed E-state index contributed by atoms with van der Waals surface area (Å²) in [7, 11) is 1.67. The first-order chi connectivity index (χ1) is 13.3. The molecule has 4 rings (SSSR count). The van der Waals surface area contributed by atoms with E-state index in [1.807, 2.05) is 18.2 Å². The molecule has 1 aromatic heterocycles. The van der Waals surface area contributed by atoms with Gasteiger partial charge in [0, 0.05) is 35.5 Å². The van der Waals surface area contributed by atoms with Gasteiger partial charge in [-0.05, 0) is 42.2 Å². The molecule has 27 heavy (non-hydrogen) atoms. The quantitative estimate of drug-likeness (QED) is 0.672. The van der Waals surface area contributed by atoms with Crippen molar-refractivity contribution in [2.45, 2.75) is 31.6 Å². The molecule has 0 radical (unpaired) electrons. The Hall–Kier alpha value is -2.75. The highest BCUT2D eigenvalue weighted by atomic mass is 16.5. The number of hydrogen-bond donors (Lipinski definition) is 2. The third-order valence-electron chi connectivity index (χ3n) is 5.72. The average molecular weight is 362 g/mol. The lowest BCUT2D eigenvalue weighted by Crippen LogP contribution is -2.33. The van der Waals surface area contributed by atoms with Crippen molar-refractivity contribution >= 4 is 16.8 Å². The van der Waals surface area contributed by atoms with Crippen molar-refractivity contribution in [3.05, 3.63) is 65.9 Å². The Bertz CT molecular complexity index is 908. The number of fused-ring (bicyclic) bond motifs is 1. The number of ether oxygens (including phenoxy) is 1. The van der Waals surface area contributed by atoms with Gasteiger partial charge in [-0.25, -0.2) is 0 Å². The number of nitrogens with one attached hydrogen (secondary N) is 2. The second kappa shape index (κ2) is 7.87. The summed E-state index contributed by atoms with van der Waals surface area (Å²) in [5.74, 6) is 1.32. The van der Waals surface area contributed by atoms with Crippen LogP contribution in [0.1, 0.15) is 42.7 Å². The molecule has 1 aliphatic rings. The van der Waals surface area contributed by atoms with Crippen LogP contribution >= 0.6 is 0 Å². The molecule has 4 nitrogen and oxygen atoms in total. The van der Waals surface area contributed by atoms with E-state index in [1.165, 1.54) is 29.4 Å². The molecule has 1 unspecified atom stereocenters. The monoisotopic (exact) mass is 362 g/mol. The summed E-state index contributed by atoms with van der Waals surface area (Å²) in [4.78, 5) is 15.9. The molecular formula is C23H26N2O2. The SMILES string of the molecule is COc1ccc(C(CNC(=O)C2CCCC2)c2c[nH]c3ccccc23)cc1. The lowest BCUT2D eigenvalue weighted by atomic mass is 9.90. The van der Waals surface area contributed by atoms with E-state index in [9.17, 15) is 4.79 Å². The van der Waals surface area contributed by atoms with Gasteiger partial charge in [0.05, 0.1) is 7.11 Å². The van der Waals surface area contributed by atoms with Gasteiger partial charge in [-0.3, -0.25) is 4.79 Å². The number of hydrogen-bond acceptors (Lipinski definition) is 2. The smallest absolute Gasteiger partial charge is 0.223 e. The third kappa shape index (κ3) is 3.70. The van der Waals surface area contributed by atoms with Crippen LogP contribution < -0.4 is 10.1 Å². The van der Waals surface area contributed by atoms with Crippen LogP contribution in [0.3, 0.4) is 0 Å². The molecule has 3 aromatic rings. The maximum atomic E-state index is 12.6. The molecule has 1 amide bonds. The van der Waals surface area contributed by atoms with Crippen LogP contribution in [0.4, 0.5) is 0 Å². The molecule has 1 atom stereocenters. The lowest BCUT2D eigenvalue weighted by Gasteiger charge is -2.20. The number of para-hydroxylation sites is 1. The second-order valence-corrected chi connectivity index (χ2v) is 7.34. The minimum Gasteiger partial charge on any atom is -0.497 e. The van der Waals surface area contributed by atoms with Gasteiger partial charge in [-0.1, -0.05) is 43.2 Å². The van der Waals surface area contributed by atoms with Crippen molar-refractivity contribution in [3.8, 4) is 5.75 Å². The van der Waals surface area contributed by atoms with Crippen LogP contribution in [-0.4, -0.2) is 24.5 Å². The Balaban J connectivity index is 1.63. The van der Waals surface area contributed by atoms with Gasteiger partial charge in [0.25, 0.3) is 0 Å². The summed E-state index contributed by atoms with van der Waals surface area (Å²) in [5, 5.41) is 4.42. The van der Waals surface area contributed by atoms with Crippen LogP contribution in [0.25, 0.3) is 10.9 Å².